The van der Waals surface area contributed by atoms with E-state index in [-0.39, 0.29) is 17.5 Å². The van der Waals surface area contributed by atoms with Crippen LogP contribution in [-0.2, 0) is 4.79 Å². The summed E-state index contributed by atoms with van der Waals surface area (Å²) < 4.78 is 0.699. The maximum Gasteiger partial charge on any atom is 0.270 e. The number of piperidine rings is 1. The Bertz CT molecular complexity index is 694. The second-order valence-electron chi connectivity index (χ2n) is 4.94. The molecule has 21 heavy (non-hydrogen) atoms. The number of anilines is 1. The zero-order chi connectivity index (χ0) is 14.8. The fourth-order valence-electron chi connectivity index (χ4n) is 2.37. The van der Waals surface area contributed by atoms with E-state index in [4.69, 9.17) is 0 Å². The van der Waals surface area contributed by atoms with E-state index in [1.54, 1.807) is 6.07 Å². The van der Waals surface area contributed by atoms with Crippen molar-refractivity contribution in [3.05, 3.63) is 28.3 Å². The Balaban J connectivity index is 1.77. The van der Waals surface area contributed by atoms with Crippen molar-refractivity contribution in [2.24, 2.45) is 5.92 Å². The van der Waals surface area contributed by atoms with Gasteiger partial charge in [-0.2, -0.15) is 0 Å². The average Bonchev–Trinajstić information content (AvgIpc) is 2.89. The number of carbonyl (C=O) groups excluding carboxylic acids is 1. The lowest BCUT2D eigenvalue weighted by atomic mass is 9.97. The van der Waals surface area contributed by atoms with Crippen LogP contribution in [0, 0.1) is 16.0 Å². The molecule has 7 nitrogen and oxygen atoms in total. The SMILES string of the molecule is O=C(Nc1nc2ccc([N+](=O)[O-])cc2s1)C1CCNCC1. The quantitative estimate of drug-likeness (QED) is 0.669. The number of non-ortho nitro benzene ring substituents is 1. The molecule has 0 bridgehead atoms. The summed E-state index contributed by atoms with van der Waals surface area (Å²) in [6.07, 6.45) is 1.64. The normalized spacial score (nSPS) is 16.0. The highest BCUT2D eigenvalue weighted by atomic mass is 32.1. The van der Waals surface area contributed by atoms with Crippen LogP contribution >= 0.6 is 11.3 Å². The summed E-state index contributed by atoms with van der Waals surface area (Å²) in [4.78, 5) is 26.7. The number of fused-ring (bicyclic) bond motifs is 1. The van der Waals surface area contributed by atoms with Crippen molar-refractivity contribution < 1.29 is 9.72 Å². The topological polar surface area (TPSA) is 97.2 Å². The average molecular weight is 306 g/mol. The van der Waals surface area contributed by atoms with Crippen molar-refractivity contribution in [2.75, 3.05) is 18.4 Å². The molecule has 1 aromatic heterocycles. The molecule has 110 valence electrons. The molecule has 1 aliphatic heterocycles. The number of thiazole rings is 1. The number of nitro groups is 1. The Kier molecular flexibility index (Phi) is 3.80. The van der Waals surface area contributed by atoms with E-state index < -0.39 is 4.92 Å². The standard InChI is InChI=1S/C13H14N4O3S/c18-12(8-3-5-14-6-4-8)16-13-15-10-2-1-9(17(19)20)7-11(10)21-13/h1-2,7-8,14H,3-6H2,(H,15,16,18). The molecule has 3 rings (SSSR count). The maximum absolute atomic E-state index is 12.1. The lowest BCUT2D eigenvalue weighted by Gasteiger charge is -2.20. The van der Waals surface area contributed by atoms with Crippen LogP contribution in [-0.4, -0.2) is 28.9 Å². The summed E-state index contributed by atoms with van der Waals surface area (Å²) in [5.74, 6) is -0.0161. The van der Waals surface area contributed by atoms with Crippen molar-refractivity contribution in [2.45, 2.75) is 12.8 Å². The first kappa shape index (κ1) is 13.9. The lowest BCUT2D eigenvalue weighted by molar-refractivity contribution is -0.384. The van der Waals surface area contributed by atoms with E-state index >= 15 is 0 Å². The number of hydrogen-bond donors (Lipinski definition) is 2. The van der Waals surface area contributed by atoms with Crippen LogP contribution in [0.25, 0.3) is 10.2 Å². The van der Waals surface area contributed by atoms with Crippen LogP contribution in [0.5, 0.6) is 0 Å². The van der Waals surface area contributed by atoms with Crippen LogP contribution in [0.1, 0.15) is 12.8 Å². The molecule has 0 unspecified atom stereocenters. The van der Waals surface area contributed by atoms with E-state index in [0.29, 0.717) is 15.3 Å². The third kappa shape index (κ3) is 3.01. The number of benzene rings is 1. The molecule has 2 heterocycles. The van der Waals surface area contributed by atoms with Gasteiger partial charge in [-0.3, -0.25) is 14.9 Å². The Morgan fingerprint density at radius 2 is 2.19 bits per heavy atom. The van der Waals surface area contributed by atoms with Crippen LogP contribution in [0.2, 0.25) is 0 Å². The molecule has 0 saturated carbocycles. The second kappa shape index (κ2) is 5.74. The molecule has 0 aliphatic carbocycles. The second-order valence-corrected chi connectivity index (χ2v) is 5.97. The van der Waals surface area contributed by atoms with Crippen molar-refractivity contribution in [1.82, 2.24) is 10.3 Å². The molecule has 1 saturated heterocycles. The summed E-state index contributed by atoms with van der Waals surface area (Å²) in [6, 6.07) is 4.50. The molecule has 2 N–H and O–H groups in total. The molecule has 1 aliphatic rings. The molecule has 0 radical (unpaired) electrons. The summed E-state index contributed by atoms with van der Waals surface area (Å²) in [7, 11) is 0. The van der Waals surface area contributed by atoms with Crippen molar-refractivity contribution >= 4 is 38.3 Å². The third-order valence-electron chi connectivity index (χ3n) is 3.52. The number of rotatable bonds is 3. The summed E-state index contributed by atoms with van der Waals surface area (Å²) in [6.45, 7) is 1.70. The van der Waals surface area contributed by atoms with Gasteiger partial charge >= 0.3 is 0 Å². The maximum atomic E-state index is 12.1. The lowest BCUT2D eigenvalue weighted by Crippen LogP contribution is -2.34. The number of aromatic nitrogens is 1. The zero-order valence-electron chi connectivity index (χ0n) is 11.2. The van der Waals surface area contributed by atoms with E-state index in [1.807, 2.05) is 0 Å². The molecule has 1 fully saturated rings. The molecule has 1 amide bonds. The van der Waals surface area contributed by atoms with Gasteiger partial charge in [-0.05, 0) is 32.0 Å². The Morgan fingerprint density at radius 1 is 1.43 bits per heavy atom. The van der Waals surface area contributed by atoms with Gasteiger partial charge < -0.3 is 10.6 Å². The Hall–Kier alpha value is -2.06. The minimum Gasteiger partial charge on any atom is -0.317 e. The number of nitrogens with zero attached hydrogens (tertiary/aromatic N) is 2. The fraction of sp³-hybridized carbons (Fsp3) is 0.385. The van der Waals surface area contributed by atoms with Gasteiger partial charge in [0.2, 0.25) is 5.91 Å². The van der Waals surface area contributed by atoms with Crippen molar-refractivity contribution in [1.29, 1.82) is 0 Å². The minimum absolute atomic E-state index is 0.00704. The molecule has 2 aromatic rings. The number of nitro benzene ring substituents is 1. The highest BCUT2D eigenvalue weighted by Crippen LogP contribution is 2.29. The van der Waals surface area contributed by atoms with Gasteiger partial charge in [-0.1, -0.05) is 11.3 Å². The number of nitrogens with one attached hydrogen (secondary N) is 2. The van der Waals surface area contributed by atoms with E-state index in [0.717, 1.165) is 25.9 Å². The Labute approximate surface area is 124 Å². The van der Waals surface area contributed by atoms with Crippen LogP contribution < -0.4 is 10.6 Å². The van der Waals surface area contributed by atoms with Crippen LogP contribution in [0.15, 0.2) is 18.2 Å². The third-order valence-corrected chi connectivity index (χ3v) is 4.46. The molecule has 1 aromatic carbocycles. The Morgan fingerprint density at radius 3 is 2.90 bits per heavy atom. The predicted octanol–water partition coefficient (Wildman–Crippen LogP) is 2.14. The zero-order valence-corrected chi connectivity index (χ0v) is 12.0. The summed E-state index contributed by atoms with van der Waals surface area (Å²) in [5, 5.41) is 17.3. The monoisotopic (exact) mass is 306 g/mol. The number of hydrogen-bond acceptors (Lipinski definition) is 6. The summed E-state index contributed by atoms with van der Waals surface area (Å²) in [5.41, 5.74) is 0.689. The van der Waals surface area contributed by atoms with Crippen molar-refractivity contribution in [3.8, 4) is 0 Å². The van der Waals surface area contributed by atoms with Gasteiger partial charge in [0.05, 0.1) is 15.1 Å². The number of carbonyl (C=O) groups is 1. The minimum atomic E-state index is -0.438. The van der Waals surface area contributed by atoms with Gasteiger partial charge in [0.15, 0.2) is 5.13 Å². The molecular weight excluding hydrogens is 292 g/mol. The highest BCUT2D eigenvalue weighted by Gasteiger charge is 2.22. The van der Waals surface area contributed by atoms with Gasteiger partial charge in [0.25, 0.3) is 5.69 Å². The predicted molar refractivity (Wildman–Crippen MR) is 80.5 cm³/mol. The highest BCUT2D eigenvalue weighted by molar-refractivity contribution is 7.22. The van der Waals surface area contributed by atoms with Gasteiger partial charge in [-0.15, -0.1) is 0 Å². The van der Waals surface area contributed by atoms with Crippen molar-refractivity contribution in [3.63, 3.8) is 0 Å². The van der Waals surface area contributed by atoms with Gasteiger partial charge in [-0.25, -0.2) is 4.98 Å². The smallest absolute Gasteiger partial charge is 0.270 e. The van der Waals surface area contributed by atoms with E-state index in [1.165, 1.54) is 23.5 Å². The molecule has 0 atom stereocenters. The van der Waals surface area contributed by atoms with E-state index in [2.05, 4.69) is 15.6 Å². The first-order valence-corrected chi connectivity index (χ1v) is 7.52. The van der Waals surface area contributed by atoms with Gasteiger partial charge in [0, 0.05) is 18.1 Å². The number of amides is 1. The fourth-order valence-corrected chi connectivity index (χ4v) is 3.27. The van der Waals surface area contributed by atoms with Gasteiger partial charge in [0.1, 0.15) is 0 Å². The van der Waals surface area contributed by atoms with Crippen LogP contribution in [0.4, 0.5) is 10.8 Å². The largest absolute Gasteiger partial charge is 0.317 e. The molecular formula is C13H14N4O3S. The first-order chi connectivity index (χ1) is 10.1. The van der Waals surface area contributed by atoms with Crippen LogP contribution in [0.3, 0.4) is 0 Å². The molecule has 8 heteroatoms. The van der Waals surface area contributed by atoms with E-state index in [9.17, 15) is 14.9 Å². The summed E-state index contributed by atoms with van der Waals surface area (Å²) >= 11 is 1.26. The molecule has 0 spiro atoms. The first-order valence-electron chi connectivity index (χ1n) is 6.70.